The van der Waals surface area contributed by atoms with Gasteiger partial charge in [-0.05, 0) is 37.0 Å². The summed E-state index contributed by atoms with van der Waals surface area (Å²) in [6.07, 6.45) is 6.91. The molecule has 1 aromatic carbocycles. The molecule has 0 aliphatic carbocycles. The number of fused-ring (bicyclic) bond motifs is 2. The van der Waals surface area contributed by atoms with Gasteiger partial charge in [-0.2, -0.15) is 0 Å². The predicted molar refractivity (Wildman–Crippen MR) is 109 cm³/mol. The van der Waals surface area contributed by atoms with Crippen LogP contribution >= 0.6 is 0 Å². The van der Waals surface area contributed by atoms with Gasteiger partial charge in [0.2, 0.25) is 11.8 Å². The van der Waals surface area contributed by atoms with E-state index >= 15 is 0 Å². The number of amides is 1. The second-order valence-corrected chi connectivity index (χ2v) is 7.74. The molecule has 0 spiro atoms. The Bertz CT molecular complexity index is 828. The van der Waals surface area contributed by atoms with Crippen LogP contribution < -0.4 is 14.2 Å². The number of pyridine rings is 1. The fraction of sp³-hybridized carbons (Fsp3) is 0.478. The van der Waals surface area contributed by atoms with E-state index in [2.05, 4.69) is 9.88 Å². The number of carbonyl (C=O) groups excluding carboxylic acids is 1. The van der Waals surface area contributed by atoms with Crippen LogP contribution in [0.3, 0.4) is 0 Å². The van der Waals surface area contributed by atoms with E-state index in [9.17, 15) is 4.79 Å². The van der Waals surface area contributed by atoms with E-state index in [1.165, 1.54) is 0 Å². The molecule has 2 saturated heterocycles. The van der Waals surface area contributed by atoms with Gasteiger partial charge < -0.3 is 19.1 Å². The van der Waals surface area contributed by atoms with Gasteiger partial charge >= 0.3 is 0 Å². The Morgan fingerprint density at radius 2 is 1.90 bits per heavy atom. The number of benzene rings is 1. The number of methoxy groups -OCH3 is 2. The molecule has 0 radical (unpaired) electrons. The molecule has 1 amide bonds. The largest absolute Gasteiger partial charge is 0.497 e. The van der Waals surface area contributed by atoms with Gasteiger partial charge in [-0.15, -0.1) is 0 Å². The zero-order valence-corrected chi connectivity index (χ0v) is 17.0. The van der Waals surface area contributed by atoms with Gasteiger partial charge in [0, 0.05) is 49.7 Å². The van der Waals surface area contributed by atoms with E-state index in [0.29, 0.717) is 18.7 Å². The molecule has 154 valence electrons. The van der Waals surface area contributed by atoms with Crippen molar-refractivity contribution < 1.29 is 19.0 Å². The van der Waals surface area contributed by atoms with Crippen LogP contribution in [0.4, 0.5) is 0 Å². The molecule has 6 heteroatoms. The van der Waals surface area contributed by atoms with E-state index in [4.69, 9.17) is 14.2 Å². The molecule has 3 heterocycles. The van der Waals surface area contributed by atoms with E-state index in [1.807, 2.05) is 36.4 Å². The maximum Gasteiger partial charge on any atom is 0.223 e. The SMILES string of the molecule is COc1ccc(CCC(=O)N2C3CCC2CC(Oc2ccccn2)C3)c(OC)c1. The smallest absolute Gasteiger partial charge is 0.223 e. The van der Waals surface area contributed by atoms with Gasteiger partial charge in [-0.1, -0.05) is 12.1 Å². The summed E-state index contributed by atoms with van der Waals surface area (Å²) in [5.74, 6) is 2.42. The van der Waals surface area contributed by atoms with Crippen LogP contribution in [0.25, 0.3) is 0 Å². The molecule has 6 nitrogen and oxygen atoms in total. The number of aromatic nitrogens is 1. The fourth-order valence-corrected chi connectivity index (χ4v) is 4.65. The molecule has 29 heavy (non-hydrogen) atoms. The number of carbonyl (C=O) groups is 1. The van der Waals surface area contributed by atoms with Crippen molar-refractivity contribution in [1.82, 2.24) is 9.88 Å². The molecule has 2 aliphatic rings. The first-order valence-corrected chi connectivity index (χ1v) is 10.3. The first-order valence-electron chi connectivity index (χ1n) is 10.3. The lowest BCUT2D eigenvalue weighted by Gasteiger charge is -2.38. The normalized spacial score (nSPS) is 23.0. The minimum atomic E-state index is 0.133. The van der Waals surface area contributed by atoms with Crippen molar-refractivity contribution >= 4 is 5.91 Å². The molecule has 2 unspecified atom stereocenters. The average Bonchev–Trinajstić information content (AvgIpc) is 3.03. The second kappa shape index (κ2) is 8.72. The van der Waals surface area contributed by atoms with Crippen molar-refractivity contribution in [3.63, 3.8) is 0 Å². The standard InChI is InChI=1S/C23H28N2O4/c1-27-19-10-6-16(21(15-19)28-2)7-11-23(26)25-17-8-9-18(25)14-20(13-17)29-22-5-3-4-12-24-22/h3-6,10,12,15,17-18,20H,7-9,11,13-14H2,1-2H3. The number of piperidine rings is 1. The first-order chi connectivity index (χ1) is 14.2. The average molecular weight is 396 g/mol. The number of nitrogens with zero attached hydrogens (tertiary/aromatic N) is 2. The van der Waals surface area contributed by atoms with E-state index in [-0.39, 0.29) is 24.1 Å². The Labute approximate surface area is 171 Å². The maximum atomic E-state index is 13.0. The number of hydrogen-bond acceptors (Lipinski definition) is 5. The summed E-state index contributed by atoms with van der Waals surface area (Å²) in [5, 5.41) is 0. The summed E-state index contributed by atoms with van der Waals surface area (Å²) in [4.78, 5) is 19.4. The lowest BCUT2D eigenvalue weighted by atomic mass is 9.98. The zero-order chi connectivity index (χ0) is 20.2. The Morgan fingerprint density at radius 3 is 2.55 bits per heavy atom. The first kappa shape index (κ1) is 19.6. The van der Waals surface area contributed by atoms with Crippen molar-refractivity contribution in [2.24, 2.45) is 0 Å². The summed E-state index contributed by atoms with van der Waals surface area (Å²) in [6.45, 7) is 0. The summed E-state index contributed by atoms with van der Waals surface area (Å²) in [5.41, 5.74) is 1.03. The second-order valence-electron chi connectivity index (χ2n) is 7.74. The van der Waals surface area contributed by atoms with Gasteiger partial charge in [0.25, 0.3) is 0 Å². The van der Waals surface area contributed by atoms with Gasteiger partial charge in [-0.25, -0.2) is 4.98 Å². The Morgan fingerprint density at radius 1 is 1.10 bits per heavy atom. The lowest BCUT2D eigenvalue weighted by Crippen LogP contribution is -2.49. The quantitative estimate of drug-likeness (QED) is 0.715. The third-order valence-corrected chi connectivity index (χ3v) is 6.01. The minimum Gasteiger partial charge on any atom is -0.497 e. The van der Waals surface area contributed by atoms with Crippen molar-refractivity contribution in [2.75, 3.05) is 14.2 Å². The summed E-state index contributed by atoms with van der Waals surface area (Å²) >= 11 is 0. The van der Waals surface area contributed by atoms with Crippen LogP contribution in [-0.2, 0) is 11.2 Å². The molecule has 4 rings (SSSR count). The van der Waals surface area contributed by atoms with E-state index in [1.54, 1.807) is 20.4 Å². The molecular formula is C23H28N2O4. The summed E-state index contributed by atoms with van der Waals surface area (Å²) < 4.78 is 16.8. The van der Waals surface area contributed by atoms with Crippen LogP contribution in [-0.4, -0.2) is 48.2 Å². The van der Waals surface area contributed by atoms with Gasteiger partial charge in [0.1, 0.15) is 17.6 Å². The molecule has 2 fully saturated rings. The summed E-state index contributed by atoms with van der Waals surface area (Å²) in [6, 6.07) is 12.0. The maximum absolute atomic E-state index is 13.0. The van der Waals surface area contributed by atoms with E-state index < -0.39 is 0 Å². The monoisotopic (exact) mass is 396 g/mol. The van der Waals surface area contributed by atoms with Crippen LogP contribution in [0, 0.1) is 0 Å². The van der Waals surface area contributed by atoms with Gasteiger partial charge in [0.05, 0.1) is 14.2 Å². The van der Waals surface area contributed by atoms with Crippen LogP contribution in [0.15, 0.2) is 42.6 Å². The fourth-order valence-electron chi connectivity index (χ4n) is 4.65. The predicted octanol–water partition coefficient (Wildman–Crippen LogP) is 3.63. The number of aryl methyl sites for hydroxylation is 1. The van der Waals surface area contributed by atoms with Gasteiger partial charge in [0.15, 0.2) is 0 Å². The molecule has 0 saturated carbocycles. The Hall–Kier alpha value is -2.76. The summed E-state index contributed by atoms with van der Waals surface area (Å²) in [7, 11) is 3.28. The van der Waals surface area contributed by atoms with Crippen LogP contribution in [0.5, 0.6) is 17.4 Å². The minimum absolute atomic E-state index is 0.133. The third kappa shape index (κ3) is 4.31. The van der Waals surface area contributed by atoms with Crippen LogP contribution in [0.2, 0.25) is 0 Å². The lowest BCUT2D eigenvalue weighted by molar-refractivity contribution is -0.137. The van der Waals surface area contributed by atoms with Crippen molar-refractivity contribution in [3.8, 4) is 17.4 Å². The molecule has 2 bridgehead atoms. The Balaban J connectivity index is 1.36. The third-order valence-electron chi connectivity index (χ3n) is 6.01. The number of ether oxygens (including phenoxy) is 3. The zero-order valence-electron chi connectivity index (χ0n) is 17.0. The molecule has 2 atom stereocenters. The number of rotatable bonds is 7. The number of hydrogen-bond donors (Lipinski definition) is 0. The molecule has 2 aromatic rings. The van der Waals surface area contributed by atoms with Crippen molar-refractivity contribution in [2.45, 2.75) is 56.7 Å². The van der Waals surface area contributed by atoms with Gasteiger partial charge in [-0.3, -0.25) is 4.79 Å². The molecule has 0 N–H and O–H groups in total. The van der Waals surface area contributed by atoms with Crippen molar-refractivity contribution in [3.05, 3.63) is 48.2 Å². The highest BCUT2D eigenvalue weighted by atomic mass is 16.5. The van der Waals surface area contributed by atoms with Crippen molar-refractivity contribution in [1.29, 1.82) is 0 Å². The highest BCUT2D eigenvalue weighted by Gasteiger charge is 2.43. The highest BCUT2D eigenvalue weighted by molar-refractivity contribution is 5.78. The molecule has 1 aromatic heterocycles. The Kier molecular flexibility index (Phi) is 5.88. The topological polar surface area (TPSA) is 60.9 Å². The van der Waals surface area contributed by atoms with E-state index in [0.717, 1.165) is 42.7 Å². The molecule has 2 aliphatic heterocycles. The molecular weight excluding hydrogens is 368 g/mol. The highest BCUT2D eigenvalue weighted by Crippen LogP contribution is 2.38. The van der Waals surface area contributed by atoms with Crippen LogP contribution in [0.1, 0.15) is 37.7 Å².